The molecular formula is C46H62N4O11. The molecule has 1 saturated heterocycles. The van der Waals surface area contributed by atoms with Crippen molar-refractivity contribution in [3.63, 3.8) is 0 Å². The highest BCUT2D eigenvalue weighted by atomic mass is 16.7. The van der Waals surface area contributed by atoms with Gasteiger partial charge < -0.3 is 49.6 Å². The smallest absolute Gasteiger partial charge is 0.312 e. The molecule has 9 atom stereocenters. The Morgan fingerprint density at radius 2 is 1.62 bits per heavy atom. The van der Waals surface area contributed by atoms with Gasteiger partial charge in [-0.1, -0.05) is 59.8 Å². The number of aliphatic hydroxyl groups is 2. The second-order valence-corrected chi connectivity index (χ2v) is 18.0. The van der Waals surface area contributed by atoms with Gasteiger partial charge in [0.1, 0.15) is 28.6 Å². The Kier molecular flexibility index (Phi) is 13.1. The van der Waals surface area contributed by atoms with Gasteiger partial charge >= 0.3 is 11.8 Å². The Morgan fingerprint density at radius 1 is 0.967 bits per heavy atom. The van der Waals surface area contributed by atoms with Gasteiger partial charge in [0.25, 0.3) is 11.7 Å². The number of aliphatic hydroxyl groups excluding tert-OH is 2. The average Bonchev–Trinajstić information content (AvgIpc) is 3.71. The Bertz CT molecular complexity index is 2300. The van der Waals surface area contributed by atoms with Crippen LogP contribution in [-0.4, -0.2) is 106 Å². The minimum atomic E-state index is -1.96. The van der Waals surface area contributed by atoms with Gasteiger partial charge in [-0.3, -0.25) is 24.4 Å². The first kappa shape index (κ1) is 45.7. The van der Waals surface area contributed by atoms with Crippen molar-refractivity contribution < 1.29 is 53.8 Å². The van der Waals surface area contributed by atoms with Crippen molar-refractivity contribution in [1.29, 1.82) is 0 Å². The van der Waals surface area contributed by atoms with E-state index in [1.165, 1.54) is 27.2 Å². The largest absolute Gasteiger partial charge is 0.507 e. The summed E-state index contributed by atoms with van der Waals surface area (Å²) in [5.74, 6) is -6.44. The van der Waals surface area contributed by atoms with Crippen molar-refractivity contribution >= 4 is 34.1 Å². The number of nitrogens with zero attached hydrogens (tertiary/aromatic N) is 3. The SMILES string of the molecule is CO[C@H]1C=CO[C@@]2(C)Oc3c(C)c(O)c4c(O)c(c5c(c4c3C2=O)=NC2(CCN(CC(C)C)CC2)N=5)NC(=O)/C(C)=C/C=C\[C@H](C)[C@H](O)[C@@H](C)[C@@H](O)[C@@H](C)[C@H](OC(C)=O)[C@@H]1C. The number of likely N-dealkylation sites (tertiary alicyclic amines) is 1. The molecule has 4 aliphatic heterocycles. The van der Waals surface area contributed by atoms with Gasteiger partial charge in [-0.25, -0.2) is 0 Å². The normalized spacial score (nSPS) is 32.1. The first-order chi connectivity index (χ1) is 28.6. The molecule has 15 heteroatoms. The summed E-state index contributed by atoms with van der Waals surface area (Å²) in [6.07, 6.45) is 5.04. The second-order valence-electron chi connectivity index (χ2n) is 18.0. The van der Waals surface area contributed by atoms with Gasteiger partial charge in [-0.2, -0.15) is 0 Å². The number of allylic oxidation sites excluding steroid dienone is 2. The monoisotopic (exact) mass is 846 g/mol. The van der Waals surface area contributed by atoms with E-state index in [0.29, 0.717) is 31.8 Å². The number of ketones is 1. The number of piperidine rings is 1. The molecule has 6 rings (SSSR count). The molecule has 1 spiro atoms. The van der Waals surface area contributed by atoms with Crippen LogP contribution >= 0.6 is 0 Å². The number of phenolic OH excluding ortho intramolecular Hbond substituents is 2. The highest BCUT2D eigenvalue weighted by Gasteiger charge is 2.50. The van der Waals surface area contributed by atoms with E-state index in [-0.39, 0.29) is 55.4 Å². The molecule has 1 amide bonds. The standard InChI is InChI=1S/C46H62N4O11/c1-22(2)21-50-18-16-46(17-19-50)48-34-31-32-39(54)28(8)42-33(31)43(56)45(10,61-42)59-20-15-30(58-11)25(5)41(60-29(9)51)27(7)38(53)26(6)37(52)23(3)13-12-14-24(4)44(57)47-36(40(32)55)35(34)49-46/h12-15,20,22-23,25-27,30,37-38,41,52-55H,16-19,21H2,1-11H3,(H,47,57)/b13-12-,20-15?,24-14+/t23-,25+,26+,27+,30-,37-,38+,41+,45-/m0/s1. The number of ether oxygens (including phenoxy) is 4. The van der Waals surface area contributed by atoms with Gasteiger partial charge in [-0.05, 0) is 25.8 Å². The molecule has 4 bridgehead atoms. The number of Topliss-reactive ketones (excluding diaryl/α,β-unsaturated/α-hetero) is 1. The van der Waals surface area contributed by atoms with E-state index in [0.717, 1.165) is 6.54 Å². The minimum absolute atomic E-state index is 0.0364. The highest BCUT2D eigenvalue weighted by molar-refractivity contribution is 6.19. The number of hydrogen-bond acceptors (Lipinski definition) is 14. The molecule has 2 aromatic carbocycles. The van der Waals surface area contributed by atoms with Gasteiger partial charge in [-0.15, -0.1) is 0 Å². The molecule has 0 saturated carbocycles. The van der Waals surface area contributed by atoms with E-state index in [2.05, 4.69) is 24.1 Å². The van der Waals surface area contributed by atoms with Crippen LogP contribution in [-0.2, 0) is 23.8 Å². The zero-order chi connectivity index (χ0) is 44.9. The van der Waals surface area contributed by atoms with Crippen LogP contribution < -0.4 is 20.8 Å². The summed E-state index contributed by atoms with van der Waals surface area (Å²) in [6.45, 7) is 19.5. The lowest BCUT2D eigenvalue weighted by molar-refractivity contribution is -0.160. The number of rotatable bonds is 4. The summed E-state index contributed by atoms with van der Waals surface area (Å²) < 4.78 is 24.0. The summed E-state index contributed by atoms with van der Waals surface area (Å²) in [7, 11) is 1.47. The topological polar surface area (TPSA) is 209 Å². The van der Waals surface area contributed by atoms with Crippen LogP contribution in [0.2, 0.25) is 0 Å². The van der Waals surface area contributed by atoms with Crippen LogP contribution in [0.4, 0.5) is 5.69 Å². The molecule has 15 nitrogen and oxygen atoms in total. The molecule has 5 N–H and O–H groups in total. The van der Waals surface area contributed by atoms with E-state index in [1.54, 1.807) is 65.8 Å². The number of carbonyl (C=O) groups is 3. The van der Waals surface area contributed by atoms with Crippen LogP contribution in [0.25, 0.3) is 10.8 Å². The third kappa shape index (κ3) is 8.54. The van der Waals surface area contributed by atoms with Crippen LogP contribution in [0.15, 0.2) is 46.1 Å². The van der Waals surface area contributed by atoms with Gasteiger partial charge in [0, 0.05) is 93.6 Å². The second kappa shape index (κ2) is 17.5. The summed E-state index contributed by atoms with van der Waals surface area (Å²) in [4.78, 5) is 53.7. The van der Waals surface area contributed by atoms with Crippen LogP contribution in [0, 0.1) is 36.5 Å². The van der Waals surface area contributed by atoms with Crippen molar-refractivity contribution in [3.8, 4) is 17.2 Å². The number of esters is 1. The molecule has 1 fully saturated rings. The zero-order valence-electron chi connectivity index (χ0n) is 37.1. The maximum Gasteiger partial charge on any atom is 0.312 e. The summed E-state index contributed by atoms with van der Waals surface area (Å²) in [5.41, 5.74) is -0.572. The number of phenols is 2. The van der Waals surface area contributed by atoms with Crippen molar-refractivity contribution in [2.24, 2.45) is 39.6 Å². The third-order valence-corrected chi connectivity index (χ3v) is 12.9. The number of amides is 1. The van der Waals surface area contributed by atoms with Crippen LogP contribution in [0.1, 0.15) is 91.1 Å². The average molecular weight is 847 g/mol. The Morgan fingerprint density at radius 3 is 2.25 bits per heavy atom. The fourth-order valence-electron chi connectivity index (χ4n) is 9.20. The first-order valence-electron chi connectivity index (χ1n) is 21.2. The summed E-state index contributed by atoms with van der Waals surface area (Å²) >= 11 is 0. The van der Waals surface area contributed by atoms with Crippen LogP contribution in [0.5, 0.6) is 17.2 Å². The highest BCUT2D eigenvalue weighted by Crippen LogP contribution is 2.50. The Labute approximate surface area is 356 Å². The molecule has 61 heavy (non-hydrogen) atoms. The molecule has 4 heterocycles. The van der Waals surface area contributed by atoms with E-state index >= 15 is 0 Å². The number of anilines is 1. The first-order valence-corrected chi connectivity index (χ1v) is 21.2. The number of carbonyl (C=O) groups excluding carboxylic acids is 3. The molecule has 0 aromatic heterocycles. The van der Waals surface area contributed by atoms with Gasteiger partial charge in [0.05, 0.1) is 40.9 Å². The quantitative estimate of drug-likeness (QED) is 0.209. The van der Waals surface area contributed by atoms with Crippen molar-refractivity contribution in [2.45, 2.75) is 118 Å². The van der Waals surface area contributed by atoms with Crippen molar-refractivity contribution in [3.05, 3.63) is 58.0 Å². The van der Waals surface area contributed by atoms with E-state index in [1.807, 2.05) is 0 Å². The third-order valence-electron chi connectivity index (χ3n) is 12.9. The number of benzene rings is 2. The fraction of sp³-hybridized carbons (Fsp3) is 0.587. The molecule has 332 valence electrons. The number of fused-ring (bicyclic) bond motifs is 1. The maximum atomic E-state index is 14.7. The lowest BCUT2D eigenvalue weighted by Gasteiger charge is -2.38. The van der Waals surface area contributed by atoms with Crippen molar-refractivity contribution in [2.75, 3.05) is 32.1 Å². The Balaban J connectivity index is 1.54. The lowest BCUT2D eigenvalue weighted by atomic mass is 9.78. The van der Waals surface area contributed by atoms with E-state index < -0.39 is 82.9 Å². The number of methoxy groups -OCH3 is 1. The molecule has 4 aliphatic rings. The minimum Gasteiger partial charge on any atom is -0.507 e. The molecule has 0 aliphatic carbocycles. The van der Waals surface area contributed by atoms with Gasteiger partial charge in [0.2, 0.25) is 0 Å². The molecule has 0 radical (unpaired) electrons. The number of nitrogens with one attached hydrogen (secondary N) is 1. The van der Waals surface area contributed by atoms with Crippen molar-refractivity contribution in [1.82, 2.24) is 4.90 Å². The zero-order valence-corrected chi connectivity index (χ0v) is 37.1. The maximum absolute atomic E-state index is 14.7. The number of aromatic hydroxyl groups is 2. The molecule has 2 aromatic rings. The predicted molar refractivity (Wildman–Crippen MR) is 228 cm³/mol. The molecule has 0 unspecified atom stereocenters. The molecular weight excluding hydrogens is 785 g/mol. The van der Waals surface area contributed by atoms with Crippen LogP contribution in [0.3, 0.4) is 0 Å². The lowest BCUT2D eigenvalue weighted by Crippen LogP contribution is -2.46. The number of hydrogen-bond donors (Lipinski definition) is 5. The Hall–Kier alpha value is -4.83. The summed E-state index contributed by atoms with van der Waals surface area (Å²) in [5, 5.41) is 50.2. The fourth-order valence-corrected chi connectivity index (χ4v) is 9.20. The van der Waals surface area contributed by atoms with Gasteiger partial charge in [0.15, 0.2) is 11.4 Å². The van der Waals surface area contributed by atoms with E-state index in [4.69, 9.17) is 28.9 Å². The predicted octanol–water partition coefficient (Wildman–Crippen LogP) is 4.75. The summed E-state index contributed by atoms with van der Waals surface area (Å²) in [6, 6.07) is 0. The van der Waals surface area contributed by atoms with E-state index in [9.17, 15) is 34.8 Å².